The van der Waals surface area contributed by atoms with Crippen molar-refractivity contribution in [3.8, 4) is 0 Å². The van der Waals surface area contributed by atoms with Crippen LogP contribution in [-0.2, 0) is 9.53 Å². The largest absolute Gasteiger partial charge is 0.463 e. The van der Waals surface area contributed by atoms with Crippen molar-refractivity contribution in [2.45, 2.75) is 6.04 Å². The van der Waals surface area contributed by atoms with Crippen LogP contribution in [0.25, 0.3) is 0 Å². The first-order valence-electron chi connectivity index (χ1n) is 6.27. The van der Waals surface area contributed by atoms with Gasteiger partial charge in [-0.15, -0.1) is 0 Å². The number of hydrogen-bond donors (Lipinski definition) is 2. The van der Waals surface area contributed by atoms with Gasteiger partial charge in [0.2, 0.25) is 11.7 Å². The number of aromatic nitrogens is 2. The molecule has 1 aliphatic heterocycles. The standard InChI is InChI=1S/C12H17N5O3/c1-13-11(18)8-7-14-5-6-17(8)9-3-4-15-10(16-9)12(19)20-2/h3-4,8,14H,5-7H2,1-2H3,(H,13,18). The number of esters is 1. The molecule has 2 rings (SSSR count). The van der Waals surface area contributed by atoms with Crippen molar-refractivity contribution < 1.29 is 14.3 Å². The topological polar surface area (TPSA) is 96.5 Å². The summed E-state index contributed by atoms with van der Waals surface area (Å²) in [5.41, 5.74) is 0. The van der Waals surface area contributed by atoms with Gasteiger partial charge in [-0.1, -0.05) is 0 Å². The Bertz CT molecular complexity index is 508. The number of anilines is 1. The molecule has 1 atom stereocenters. The van der Waals surface area contributed by atoms with Crippen LogP contribution < -0.4 is 15.5 Å². The molecule has 1 fully saturated rings. The summed E-state index contributed by atoms with van der Waals surface area (Å²) in [6.07, 6.45) is 1.48. The van der Waals surface area contributed by atoms with E-state index < -0.39 is 5.97 Å². The van der Waals surface area contributed by atoms with Gasteiger partial charge in [0.05, 0.1) is 7.11 Å². The van der Waals surface area contributed by atoms with Gasteiger partial charge in [-0.2, -0.15) is 0 Å². The zero-order chi connectivity index (χ0) is 14.5. The molecular weight excluding hydrogens is 262 g/mol. The Morgan fingerprint density at radius 2 is 2.35 bits per heavy atom. The predicted octanol–water partition coefficient (Wildman–Crippen LogP) is -1.21. The lowest BCUT2D eigenvalue weighted by Crippen LogP contribution is -2.58. The summed E-state index contributed by atoms with van der Waals surface area (Å²) in [5.74, 6) is -0.177. The monoisotopic (exact) mass is 279 g/mol. The third-order valence-electron chi connectivity index (χ3n) is 3.10. The van der Waals surface area contributed by atoms with Gasteiger partial charge < -0.3 is 20.3 Å². The summed E-state index contributed by atoms with van der Waals surface area (Å²) in [6.45, 7) is 1.89. The number of amides is 1. The van der Waals surface area contributed by atoms with E-state index in [1.54, 1.807) is 13.1 Å². The second-order valence-electron chi connectivity index (χ2n) is 4.26. The number of nitrogens with zero attached hydrogens (tertiary/aromatic N) is 3. The van der Waals surface area contributed by atoms with Crippen LogP contribution in [0.15, 0.2) is 12.3 Å². The molecule has 1 aromatic rings. The highest BCUT2D eigenvalue weighted by Crippen LogP contribution is 2.15. The molecule has 1 amide bonds. The van der Waals surface area contributed by atoms with Gasteiger partial charge in [0.1, 0.15) is 11.9 Å². The van der Waals surface area contributed by atoms with Crippen molar-refractivity contribution in [1.29, 1.82) is 0 Å². The van der Waals surface area contributed by atoms with E-state index in [9.17, 15) is 9.59 Å². The van der Waals surface area contributed by atoms with Gasteiger partial charge in [-0.3, -0.25) is 4.79 Å². The van der Waals surface area contributed by atoms with E-state index in [2.05, 4.69) is 25.3 Å². The van der Waals surface area contributed by atoms with E-state index >= 15 is 0 Å². The maximum absolute atomic E-state index is 11.9. The van der Waals surface area contributed by atoms with Crippen LogP contribution in [0.2, 0.25) is 0 Å². The van der Waals surface area contributed by atoms with Crippen LogP contribution in [0.1, 0.15) is 10.6 Å². The van der Waals surface area contributed by atoms with Gasteiger partial charge >= 0.3 is 5.97 Å². The quantitative estimate of drug-likeness (QED) is 0.670. The van der Waals surface area contributed by atoms with Gasteiger partial charge in [0, 0.05) is 32.9 Å². The van der Waals surface area contributed by atoms with Crippen molar-refractivity contribution in [3.63, 3.8) is 0 Å². The van der Waals surface area contributed by atoms with Crippen molar-refractivity contribution >= 4 is 17.7 Å². The van der Waals surface area contributed by atoms with Gasteiger partial charge in [-0.25, -0.2) is 14.8 Å². The lowest BCUT2D eigenvalue weighted by molar-refractivity contribution is -0.122. The number of piperazine rings is 1. The van der Waals surface area contributed by atoms with Gasteiger partial charge in [0.25, 0.3) is 0 Å². The van der Waals surface area contributed by atoms with Crippen LogP contribution >= 0.6 is 0 Å². The van der Waals surface area contributed by atoms with E-state index in [0.717, 1.165) is 6.54 Å². The molecular formula is C12H17N5O3. The third kappa shape index (κ3) is 2.85. The smallest absolute Gasteiger partial charge is 0.376 e. The molecule has 0 aromatic carbocycles. The zero-order valence-electron chi connectivity index (χ0n) is 11.4. The van der Waals surface area contributed by atoms with E-state index in [-0.39, 0.29) is 17.8 Å². The second kappa shape index (κ2) is 6.29. The maximum atomic E-state index is 11.9. The zero-order valence-corrected chi connectivity index (χ0v) is 11.4. The first-order chi connectivity index (χ1) is 9.67. The Balaban J connectivity index is 2.28. The first kappa shape index (κ1) is 14.2. The number of carbonyl (C=O) groups excluding carboxylic acids is 2. The molecule has 20 heavy (non-hydrogen) atoms. The lowest BCUT2D eigenvalue weighted by atomic mass is 10.1. The van der Waals surface area contributed by atoms with Crippen molar-refractivity contribution in [1.82, 2.24) is 20.6 Å². The Morgan fingerprint density at radius 3 is 3.05 bits per heavy atom. The summed E-state index contributed by atoms with van der Waals surface area (Å²) in [7, 11) is 2.87. The SMILES string of the molecule is CNC(=O)C1CNCCN1c1ccnc(C(=O)OC)n1. The Hall–Kier alpha value is -2.22. The Kier molecular flexibility index (Phi) is 4.46. The average molecular weight is 279 g/mol. The molecule has 0 saturated carbocycles. The summed E-state index contributed by atoms with van der Waals surface area (Å²) in [5, 5.41) is 5.79. The summed E-state index contributed by atoms with van der Waals surface area (Å²) >= 11 is 0. The molecule has 1 unspecified atom stereocenters. The van der Waals surface area contributed by atoms with E-state index in [0.29, 0.717) is 18.9 Å². The number of carbonyl (C=O) groups is 2. The molecule has 1 saturated heterocycles. The van der Waals surface area contributed by atoms with Crippen LogP contribution in [0.4, 0.5) is 5.82 Å². The molecule has 0 spiro atoms. The second-order valence-corrected chi connectivity index (χ2v) is 4.26. The fourth-order valence-electron chi connectivity index (χ4n) is 2.08. The number of hydrogen-bond acceptors (Lipinski definition) is 7. The normalized spacial score (nSPS) is 18.5. The Morgan fingerprint density at radius 1 is 1.55 bits per heavy atom. The molecule has 8 heteroatoms. The lowest BCUT2D eigenvalue weighted by Gasteiger charge is -2.35. The first-order valence-corrected chi connectivity index (χ1v) is 6.27. The van der Waals surface area contributed by atoms with Crippen molar-refractivity contribution in [2.24, 2.45) is 0 Å². The molecule has 0 radical (unpaired) electrons. The fraction of sp³-hybridized carbons (Fsp3) is 0.500. The number of methoxy groups -OCH3 is 1. The van der Waals surface area contributed by atoms with E-state index in [4.69, 9.17) is 0 Å². The molecule has 108 valence electrons. The third-order valence-corrected chi connectivity index (χ3v) is 3.10. The van der Waals surface area contributed by atoms with Gasteiger partial charge in [-0.05, 0) is 6.07 Å². The summed E-state index contributed by atoms with van der Waals surface area (Å²) in [6, 6.07) is 1.31. The summed E-state index contributed by atoms with van der Waals surface area (Å²) < 4.78 is 4.60. The van der Waals surface area contributed by atoms with E-state index in [1.807, 2.05) is 4.90 Å². The minimum absolute atomic E-state index is 0.0146. The highest BCUT2D eigenvalue weighted by atomic mass is 16.5. The van der Waals surface area contributed by atoms with Crippen LogP contribution in [0.5, 0.6) is 0 Å². The highest BCUT2D eigenvalue weighted by molar-refractivity contribution is 5.87. The molecule has 1 aromatic heterocycles. The summed E-state index contributed by atoms with van der Waals surface area (Å²) in [4.78, 5) is 33.2. The van der Waals surface area contributed by atoms with Gasteiger partial charge in [0.15, 0.2) is 0 Å². The number of likely N-dealkylation sites (N-methyl/N-ethyl adjacent to an activating group) is 1. The van der Waals surface area contributed by atoms with Crippen LogP contribution in [0.3, 0.4) is 0 Å². The van der Waals surface area contributed by atoms with E-state index in [1.165, 1.54) is 13.3 Å². The fourth-order valence-corrected chi connectivity index (χ4v) is 2.08. The molecule has 0 bridgehead atoms. The minimum Gasteiger partial charge on any atom is -0.463 e. The van der Waals surface area contributed by atoms with Crippen LogP contribution in [0, 0.1) is 0 Å². The molecule has 8 nitrogen and oxygen atoms in total. The number of rotatable bonds is 3. The molecule has 2 heterocycles. The average Bonchev–Trinajstić information content (AvgIpc) is 2.53. The van der Waals surface area contributed by atoms with Crippen molar-refractivity contribution in [2.75, 3.05) is 38.7 Å². The Labute approximate surface area is 116 Å². The molecule has 2 N–H and O–H groups in total. The van der Waals surface area contributed by atoms with Crippen LogP contribution in [-0.4, -0.2) is 61.7 Å². The minimum atomic E-state index is -0.599. The molecule has 1 aliphatic rings. The maximum Gasteiger partial charge on any atom is 0.376 e. The highest BCUT2D eigenvalue weighted by Gasteiger charge is 2.29. The predicted molar refractivity (Wildman–Crippen MR) is 71.4 cm³/mol. The molecule has 0 aliphatic carbocycles. The number of ether oxygens (including phenoxy) is 1. The number of nitrogens with one attached hydrogen (secondary N) is 2. The van der Waals surface area contributed by atoms with Crippen molar-refractivity contribution in [3.05, 3.63) is 18.1 Å².